The fourth-order valence-corrected chi connectivity index (χ4v) is 7.04. The summed E-state index contributed by atoms with van der Waals surface area (Å²) in [6.45, 7) is 1.72. The van der Waals surface area contributed by atoms with Crippen LogP contribution in [0.3, 0.4) is 0 Å². The number of nitrogens with zero attached hydrogens (tertiary/aromatic N) is 2. The standard InChI is InChI=1S/C32H32ClN3O10/c1-13-9-15-22(27(37)32(13)28(38)23-19(44-7)12-20(45-8)25(33)26(23)46-32)21(14-10-17(42-5)18(43-6)11-16(14)41-4)24-29(34-15)35(2)31(40)36(3)30(24)39/h10-13,21,34H,9H2,1-8H3/t13-,21-,32+/m1/s1. The van der Waals surface area contributed by atoms with Crippen molar-refractivity contribution in [3.05, 3.63) is 72.0 Å². The number of carbonyl (C=O) groups excluding carboxylic acids is 2. The summed E-state index contributed by atoms with van der Waals surface area (Å²) in [7, 11) is 10.0. The average molecular weight is 654 g/mol. The van der Waals surface area contributed by atoms with Crippen LogP contribution in [0.5, 0.6) is 34.5 Å². The van der Waals surface area contributed by atoms with Crippen LogP contribution in [0.15, 0.2) is 39.1 Å². The van der Waals surface area contributed by atoms with E-state index in [2.05, 4.69) is 5.32 Å². The fourth-order valence-electron chi connectivity index (χ4n) is 6.78. The lowest BCUT2D eigenvalue weighted by atomic mass is 9.65. The molecule has 3 aromatic rings. The van der Waals surface area contributed by atoms with Gasteiger partial charge in [0.2, 0.25) is 17.2 Å². The average Bonchev–Trinajstić information content (AvgIpc) is 3.38. The van der Waals surface area contributed by atoms with E-state index in [1.54, 1.807) is 19.1 Å². The molecule has 2 aliphatic heterocycles. The number of fused-ring (bicyclic) bond motifs is 2. The lowest BCUT2D eigenvalue weighted by Gasteiger charge is -2.42. The van der Waals surface area contributed by atoms with Crippen LogP contribution in [0.4, 0.5) is 5.82 Å². The van der Waals surface area contributed by atoms with Gasteiger partial charge in [-0.2, -0.15) is 0 Å². The molecule has 3 atom stereocenters. The van der Waals surface area contributed by atoms with Crippen LogP contribution in [0.25, 0.3) is 0 Å². The fraction of sp³-hybridized carbons (Fsp3) is 0.375. The Labute approximate surface area is 268 Å². The zero-order chi connectivity index (χ0) is 33.4. The van der Waals surface area contributed by atoms with E-state index in [0.717, 1.165) is 4.57 Å². The second-order valence-corrected chi connectivity index (χ2v) is 11.6. The third kappa shape index (κ3) is 3.93. The number of methoxy groups -OCH3 is 5. The molecule has 1 aliphatic carbocycles. The molecule has 0 unspecified atom stereocenters. The summed E-state index contributed by atoms with van der Waals surface area (Å²) in [5, 5.41) is 3.21. The van der Waals surface area contributed by atoms with E-state index in [9.17, 15) is 14.4 Å². The number of ether oxygens (including phenoxy) is 6. The summed E-state index contributed by atoms with van der Waals surface area (Å²) in [5.74, 6) is -1.74. The summed E-state index contributed by atoms with van der Waals surface area (Å²) < 4.78 is 36.4. The van der Waals surface area contributed by atoms with Crippen molar-refractivity contribution in [1.82, 2.24) is 9.13 Å². The number of halogens is 1. The van der Waals surface area contributed by atoms with Crippen molar-refractivity contribution in [1.29, 1.82) is 0 Å². The molecule has 2 aromatic carbocycles. The van der Waals surface area contributed by atoms with Gasteiger partial charge in [-0.15, -0.1) is 0 Å². The quantitative estimate of drug-likeness (QED) is 0.392. The van der Waals surface area contributed by atoms with E-state index in [1.807, 2.05) is 0 Å². The van der Waals surface area contributed by atoms with Crippen molar-refractivity contribution in [3.63, 3.8) is 0 Å². The molecule has 3 heterocycles. The van der Waals surface area contributed by atoms with E-state index in [-0.39, 0.29) is 57.0 Å². The molecule has 1 spiro atoms. The normalized spacial score (nSPS) is 21.2. The third-order valence-electron chi connectivity index (χ3n) is 9.12. The van der Waals surface area contributed by atoms with E-state index in [4.69, 9.17) is 40.0 Å². The number of hydrogen-bond acceptors (Lipinski definition) is 11. The van der Waals surface area contributed by atoms with Gasteiger partial charge in [0.25, 0.3) is 5.56 Å². The second kappa shape index (κ2) is 10.9. The van der Waals surface area contributed by atoms with E-state index < -0.39 is 40.3 Å². The summed E-state index contributed by atoms with van der Waals surface area (Å²) in [6, 6.07) is 4.66. The van der Waals surface area contributed by atoms with Gasteiger partial charge in [-0.3, -0.25) is 23.5 Å². The van der Waals surface area contributed by atoms with Gasteiger partial charge in [-0.25, -0.2) is 4.79 Å². The molecule has 6 rings (SSSR count). The molecule has 13 nitrogen and oxygen atoms in total. The number of carbonyl (C=O) groups is 2. The molecule has 0 saturated carbocycles. The van der Waals surface area contributed by atoms with Crippen LogP contribution in [0.2, 0.25) is 5.02 Å². The zero-order valence-corrected chi connectivity index (χ0v) is 27.2. The van der Waals surface area contributed by atoms with Crippen LogP contribution < -0.4 is 45.0 Å². The lowest BCUT2D eigenvalue weighted by molar-refractivity contribution is -0.130. The Hall–Kier alpha value is -4.91. The Bertz CT molecular complexity index is 2010. The van der Waals surface area contributed by atoms with Gasteiger partial charge in [-0.1, -0.05) is 18.5 Å². The molecule has 242 valence electrons. The first-order chi connectivity index (χ1) is 21.9. The van der Waals surface area contributed by atoms with Crippen LogP contribution in [0, 0.1) is 5.92 Å². The number of nitrogens with one attached hydrogen (secondary N) is 1. The number of ketones is 2. The van der Waals surface area contributed by atoms with Crippen molar-refractivity contribution in [3.8, 4) is 34.5 Å². The Morgan fingerprint density at radius 1 is 0.826 bits per heavy atom. The number of Topliss-reactive ketones (excluding diaryl/α,β-unsaturated/α-hetero) is 2. The molecule has 0 amide bonds. The van der Waals surface area contributed by atoms with Gasteiger partial charge in [0, 0.05) is 49.0 Å². The molecule has 0 fully saturated rings. The summed E-state index contributed by atoms with van der Waals surface area (Å²) >= 11 is 6.64. The molecule has 0 saturated heterocycles. The van der Waals surface area contributed by atoms with Crippen molar-refractivity contribution in [2.45, 2.75) is 24.9 Å². The van der Waals surface area contributed by atoms with E-state index >= 15 is 4.79 Å². The number of allylic oxidation sites excluding steroid dienone is 1. The second-order valence-electron chi connectivity index (χ2n) is 11.3. The Morgan fingerprint density at radius 2 is 1.41 bits per heavy atom. The Morgan fingerprint density at radius 3 is 2.02 bits per heavy atom. The smallest absolute Gasteiger partial charge is 0.332 e. The minimum atomic E-state index is -2.06. The summed E-state index contributed by atoms with van der Waals surface area (Å²) in [6.07, 6.45) is 0.132. The van der Waals surface area contributed by atoms with Crippen molar-refractivity contribution < 1.29 is 38.0 Å². The van der Waals surface area contributed by atoms with Gasteiger partial charge in [0.1, 0.15) is 33.7 Å². The molecule has 46 heavy (non-hydrogen) atoms. The molecule has 1 aromatic heterocycles. The summed E-state index contributed by atoms with van der Waals surface area (Å²) in [5.41, 5.74) is -2.28. The van der Waals surface area contributed by atoms with Gasteiger partial charge >= 0.3 is 5.69 Å². The predicted octanol–water partition coefficient (Wildman–Crippen LogP) is 3.21. The van der Waals surface area contributed by atoms with Crippen LogP contribution in [0.1, 0.15) is 40.7 Å². The zero-order valence-electron chi connectivity index (χ0n) is 26.4. The SMILES string of the molecule is COc1cc(OC)c([C@@H]2C3=C(C[C@@H](C)[C@]4(Oc5c(Cl)c(OC)cc(OC)c5C4=O)C3=O)Nc3c2c(=O)n(C)c(=O)n3C)cc1OC. The number of anilines is 1. The van der Waals surface area contributed by atoms with Crippen molar-refractivity contribution in [2.24, 2.45) is 20.0 Å². The van der Waals surface area contributed by atoms with Gasteiger partial charge in [-0.05, 0) is 12.5 Å². The van der Waals surface area contributed by atoms with Crippen molar-refractivity contribution in [2.75, 3.05) is 40.9 Å². The maximum absolute atomic E-state index is 15.1. The molecule has 0 radical (unpaired) electrons. The van der Waals surface area contributed by atoms with Gasteiger partial charge < -0.3 is 33.7 Å². The number of benzene rings is 2. The number of hydrogen-bond donors (Lipinski definition) is 1. The van der Waals surface area contributed by atoms with Crippen LogP contribution in [-0.4, -0.2) is 61.9 Å². The highest BCUT2D eigenvalue weighted by Crippen LogP contribution is 2.57. The van der Waals surface area contributed by atoms with Crippen LogP contribution >= 0.6 is 11.6 Å². The molecule has 3 aliphatic rings. The molecular formula is C32H32ClN3O10. The first kappa shape index (κ1) is 31.1. The van der Waals surface area contributed by atoms with Gasteiger partial charge in [0.15, 0.2) is 17.2 Å². The van der Waals surface area contributed by atoms with Crippen LogP contribution in [-0.2, 0) is 18.9 Å². The minimum Gasteiger partial charge on any atom is -0.496 e. The minimum absolute atomic E-state index is 0.0115. The lowest BCUT2D eigenvalue weighted by Crippen LogP contribution is -2.58. The third-order valence-corrected chi connectivity index (χ3v) is 9.48. The largest absolute Gasteiger partial charge is 0.496 e. The van der Waals surface area contributed by atoms with E-state index in [1.165, 1.54) is 60.3 Å². The number of aromatic nitrogens is 2. The maximum Gasteiger partial charge on any atom is 0.332 e. The Balaban J connectivity index is 1.66. The molecule has 1 N–H and O–H groups in total. The predicted molar refractivity (Wildman–Crippen MR) is 167 cm³/mol. The Kier molecular flexibility index (Phi) is 7.34. The van der Waals surface area contributed by atoms with Gasteiger partial charge in [0.05, 0.1) is 47.0 Å². The number of rotatable bonds is 6. The highest BCUT2D eigenvalue weighted by Gasteiger charge is 2.64. The van der Waals surface area contributed by atoms with E-state index in [0.29, 0.717) is 22.8 Å². The first-order valence-corrected chi connectivity index (χ1v) is 14.6. The molecular weight excluding hydrogens is 622 g/mol. The maximum atomic E-state index is 15.1. The molecule has 14 heteroatoms. The summed E-state index contributed by atoms with van der Waals surface area (Å²) in [4.78, 5) is 56.6. The topological polar surface area (TPSA) is 146 Å². The monoisotopic (exact) mass is 653 g/mol. The highest BCUT2D eigenvalue weighted by atomic mass is 35.5. The van der Waals surface area contributed by atoms with Crippen molar-refractivity contribution >= 4 is 29.0 Å². The first-order valence-electron chi connectivity index (χ1n) is 14.2. The molecule has 0 bridgehead atoms. The highest BCUT2D eigenvalue weighted by molar-refractivity contribution is 6.36.